The third-order valence-corrected chi connectivity index (χ3v) is 3.54. The van der Waals surface area contributed by atoms with Crippen LogP contribution in [0.1, 0.15) is 52.9 Å². The van der Waals surface area contributed by atoms with Gasteiger partial charge in [-0.2, -0.15) is 0 Å². The van der Waals surface area contributed by atoms with Gasteiger partial charge >= 0.3 is 0 Å². The van der Waals surface area contributed by atoms with Crippen molar-refractivity contribution in [2.45, 2.75) is 65.0 Å². The second-order valence-electron chi connectivity index (χ2n) is 5.58. The van der Waals surface area contributed by atoms with E-state index in [1.165, 1.54) is 25.7 Å². The minimum atomic E-state index is -0.344. The van der Waals surface area contributed by atoms with Crippen molar-refractivity contribution >= 4 is 5.91 Å². The highest BCUT2D eigenvalue weighted by Gasteiger charge is 2.24. The van der Waals surface area contributed by atoms with Crippen molar-refractivity contribution in [1.29, 1.82) is 0 Å². The minimum Gasteiger partial charge on any atom is -0.352 e. The molecule has 0 heterocycles. The van der Waals surface area contributed by atoms with Gasteiger partial charge in [0.15, 0.2) is 0 Å². The predicted molar refractivity (Wildman–Crippen MR) is 67.0 cm³/mol. The maximum Gasteiger partial charge on any atom is 0.237 e. The molecule has 1 amide bonds. The van der Waals surface area contributed by atoms with Crippen LogP contribution in [-0.4, -0.2) is 18.0 Å². The summed E-state index contributed by atoms with van der Waals surface area (Å²) in [5, 5.41) is 3.06. The highest BCUT2D eigenvalue weighted by Crippen LogP contribution is 2.27. The molecule has 94 valence electrons. The van der Waals surface area contributed by atoms with Crippen LogP contribution in [-0.2, 0) is 4.79 Å². The van der Waals surface area contributed by atoms with Crippen molar-refractivity contribution in [3.63, 3.8) is 0 Å². The summed E-state index contributed by atoms with van der Waals surface area (Å²) in [6.07, 6.45) is 5.89. The predicted octanol–water partition coefficient (Wildman–Crippen LogP) is 2.05. The molecule has 0 radical (unpaired) electrons. The summed E-state index contributed by atoms with van der Waals surface area (Å²) in [6, 6.07) is -0.0583. The first kappa shape index (κ1) is 13.5. The highest BCUT2D eigenvalue weighted by molar-refractivity contribution is 5.81. The van der Waals surface area contributed by atoms with Gasteiger partial charge in [0.2, 0.25) is 5.91 Å². The van der Waals surface area contributed by atoms with Gasteiger partial charge < -0.3 is 11.1 Å². The lowest BCUT2D eigenvalue weighted by molar-refractivity contribution is -0.123. The molecule has 1 saturated carbocycles. The normalized spacial score (nSPS) is 21.1. The Morgan fingerprint density at radius 1 is 1.31 bits per heavy atom. The second-order valence-corrected chi connectivity index (χ2v) is 5.58. The Kier molecular flexibility index (Phi) is 5.26. The highest BCUT2D eigenvalue weighted by atomic mass is 16.2. The summed E-state index contributed by atoms with van der Waals surface area (Å²) in [4.78, 5) is 11.8. The minimum absolute atomic E-state index is 0.0214. The van der Waals surface area contributed by atoms with Crippen LogP contribution in [0.25, 0.3) is 0 Å². The number of nitrogens with two attached hydrogens (primary N) is 1. The molecule has 0 aromatic heterocycles. The molecule has 1 aliphatic carbocycles. The van der Waals surface area contributed by atoms with E-state index in [9.17, 15) is 4.79 Å². The third kappa shape index (κ3) is 4.12. The molecule has 0 saturated heterocycles. The zero-order valence-corrected chi connectivity index (χ0v) is 10.8. The lowest BCUT2D eigenvalue weighted by atomic mass is 9.98. The largest absolute Gasteiger partial charge is 0.352 e. The smallest absolute Gasteiger partial charge is 0.237 e. The first-order valence-electron chi connectivity index (χ1n) is 6.56. The summed E-state index contributed by atoms with van der Waals surface area (Å²) in [6.45, 7) is 6.29. The fourth-order valence-corrected chi connectivity index (χ4v) is 2.52. The summed E-state index contributed by atoms with van der Waals surface area (Å²) in [7, 11) is 0. The first-order valence-corrected chi connectivity index (χ1v) is 6.56. The molecule has 2 atom stereocenters. The van der Waals surface area contributed by atoms with Crippen LogP contribution in [0.15, 0.2) is 0 Å². The Balaban J connectivity index is 2.31. The lowest BCUT2D eigenvalue weighted by Gasteiger charge is -2.23. The van der Waals surface area contributed by atoms with Gasteiger partial charge in [-0.1, -0.05) is 26.7 Å². The zero-order valence-electron chi connectivity index (χ0n) is 10.8. The van der Waals surface area contributed by atoms with Crippen LogP contribution in [0.2, 0.25) is 0 Å². The van der Waals surface area contributed by atoms with Gasteiger partial charge in [-0.15, -0.1) is 0 Å². The number of carbonyl (C=O) groups excluding carboxylic acids is 1. The van der Waals surface area contributed by atoms with Gasteiger partial charge in [0.1, 0.15) is 0 Å². The number of hydrogen-bond acceptors (Lipinski definition) is 2. The van der Waals surface area contributed by atoms with E-state index in [0.717, 1.165) is 6.42 Å². The quantitative estimate of drug-likeness (QED) is 0.754. The summed E-state index contributed by atoms with van der Waals surface area (Å²) >= 11 is 0. The molecule has 3 N–H and O–H groups in total. The molecule has 3 nitrogen and oxygen atoms in total. The van der Waals surface area contributed by atoms with E-state index in [0.29, 0.717) is 11.8 Å². The molecule has 3 heteroatoms. The van der Waals surface area contributed by atoms with Crippen LogP contribution < -0.4 is 11.1 Å². The van der Waals surface area contributed by atoms with Crippen LogP contribution in [0.4, 0.5) is 0 Å². The van der Waals surface area contributed by atoms with E-state index in [-0.39, 0.29) is 18.0 Å². The Hall–Kier alpha value is -0.570. The van der Waals surface area contributed by atoms with Gasteiger partial charge in [-0.05, 0) is 38.0 Å². The van der Waals surface area contributed by atoms with Gasteiger partial charge in [0, 0.05) is 6.04 Å². The van der Waals surface area contributed by atoms with E-state index >= 15 is 0 Å². The number of carbonyl (C=O) groups is 1. The molecule has 16 heavy (non-hydrogen) atoms. The van der Waals surface area contributed by atoms with Crippen molar-refractivity contribution < 1.29 is 4.79 Å². The SMILES string of the molecule is CC(C)C[C@@H](N)C(=O)NC(C)C1CCCC1. The van der Waals surface area contributed by atoms with Gasteiger partial charge in [0.25, 0.3) is 0 Å². The maximum atomic E-state index is 11.8. The van der Waals surface area contributed by atoms with Crippen LogP contribution in [0.5, 0.6) is 0 Å². The molecule has 0 spiro atoms. The maximum absolute atomic E-state index is 11.8. The monoisotopic (exact) mass is 226 g/mol. The standard InChI is InChI=1S/C13H26N2O/c1-9(2)8-12(14)13(16)15-10(3)11-6-4-5-7-11/h9-12H,4-8,14H2,1-3H3,(H,15,16)/t10?,12-/m1/s1. The van der Waals surface area contributed by atoms with E-state index in [2.05, 4.69) is 26.1 Å². The molecule has 0 aliphatic heterocycles. The van der Waals surface area contributed by atoms with Crippen LogP contribution in [0.3, 0.4) is 0 Å². The summed E-state index contributed by atoms with van der Waals surface area (Å²) in [5.74, 6) is 1.16. The number of rotatable bonds is 5. The van der Waals surface area contributed by atoms with Crippen LogP contribution in [0, 0.1) is 11.8 Å². The number of hydrogen-bond donors (Lipinski definition) is 2. The number of nitrogens with one attached hydrogen (secondary N) is 1. The van der Waals surface area contributed by atoms with Gasteiger partial charge in [-0.3, -0.25) is 4.79 Å². The molecule has 1 unspecified atom stereocenters. The average molecular weight is 226 g/mol. The van der Waals surface area contributed by atoms with E-state index in [4.69, 9.17) is 5.73 Å². The van der Waals surface area contributed by atoms with Gasteiger partial charge in [-0.25, -0.2) is 0 Å². The fraction of sp³-hybridized carbons (Fsp3) is 0.923. The van der Waals surface area contributed by atoms with Crippen molar-refractivity contribution in [3.05, 3.63) is 0 Å². The molecular weight excluding hydrogens is 200 g/mol. The van der Waals surface area contributed by atoms with E-state index in [1.54, 1.807) is 0 Å². The molecule has 1 aliphatic rings. The molecule has 0 aromatic carbocycles. The van der Waals surface area contributed by atoms with Crippen molar-refractivity contribution in [2.75, 3.05) is 0 Å². The third-order valence-electron chi connectivity index (χ3n) is 3.54. The van der Waals surface area contributed by atoms with E-state index in [1.807, 2.05) is 0 Å². The lowest BCUT2D eigenvalue weighted by Crippen LogP contribution is -2.46. The topological polar surface area (TPSA) is 55.1 Å². The zero-order chi connectivity index (χ0) is 12.1. The van der Waals surface area contributed by atoms with Crippen molar-refractivity contribution in [1.82, 2.24) is 5.32 Å². The molecule has 0 bridgehead atoms. The van der Waals surface area contributed by atoms with Crippen molar-refractivity contribution in [3.8, 4) is 0 Å². The second kappa shape index (κ2) is 6.24. The Bertz CT molecular complexity index is 222. The Labute approximate surface area is 99.2 Å². The molecular formula is C13H26N2O. The fourth-order valence-electron chi connectivity index (χ4n) is 2.52. The first-order chi connectivity index (χ1) is 7.50. The summed E-state index contributed by atoms with van der Waals surface area (Å²) in [5.41, 5.74) is 5.85. The molecule has 0 aromatic rings. The Morgan fingerprint density at radius 3 is 2.38 bits per heavy atom. The summed E-state index contributed by atoms with van der Waals surface area (Å²) < 4.78 is 0. The molecule has 1 rings (SSSR count). The van der Waals surface area contributed by atoms with E-state index < -0.39 is 0 Å². The van der Waals surface area contributed by atoms with Gasteiger partial charge in [0.05, 0.1) is 6.04 Å². The molecule has 1 fully saturated rings. The van der Waals surface area contributed by atoms with Crippen molar-refractivity contribution in [2.24, 2.45) is 17.6 Å². The number of amides is 1. The Morgan fingerprint density at radius 2 is 1.88 bits per heavy atom. The average Bonchev–Trinajstić information content (AvgIpc) is 2.68. The van der Waals surface area contributed by atoms with Crippen LogP contribution >= 0.6 is 0 Å².